The molecule has 1 aromatic carbocycles. The number of rotatable bonds is 8. The van der Waals surface area contributed by atoms with Gasteiger partial charge in [0.15, 0.2) is 0 Å². The van der Waals surface area contributed by atoms with Crippen LogP contribution in [-0.4, -0.2) is 41.1 Å². The minimum Gasteiger partial charge on any atom is -0.368 e. The molecule has 0 radical (unpaired) electrons. The molecule has 7 nitrogen and oxygen atoms in total. The number of hydrogen-bond acceptors (Lipinski definition) is 4. The van der Waals surface area contributed by atoms with Gasteiger partial charge < -0.3 is 11.1 Å². The Morgan fingerprint density at radius 1 is 1.08 bits per heavy atom. The number of hydrogen-bond donors (Lipinski definition) is 2. The van der Waals surface area contributed by atoms with E-state index in [1.165, 1.54) is 12.2 Å². The molecule has 0 aliphatic carbocycles. The summed E-state index contributed by atoms with van der Waals surface area (Å²) in [7, 11) is 0. The third-order valence-corrected chi connectivity index (χ3v) is 3.65. The van der Waals surface area contributed by atoms with Crippen LogP contribution in [0.4, 0.5) is 0 Å². The van der Waals surface area contributed by atoms with Gasteiger partial charge >= 0.3 is 0 Å². The minimum atomic E-state index is -0.795. The Labute approximate surface area is 139 Å². The maximum atomic E-state index is 12.0. The highest BCUT2D eigenvalue weighted by atomic mass is 16.2. The predicted octanol–water partition coefficient (Wildman–Crippen LogP) is -0.0956. The Hall–Kier alpha value is -2.96. The molecule has 0 fully saturated rings. The van der Waals surface area contributed by atoms with Crippen molar-refractivity contribution in [2.75, 3.05) is 6.54 Å². The van der Waals surface area contributed by atoms with Crippen LogP contribution in [0.25, 0.3) is 0 Å². The first-order chi connectivity index (χ1) is 11.5. The van der Waals surface area contributed by atoms with E-state index in [-0.39, 0.29) is 30.7 Å². The van der Waals surface area contributed by atoms with Crippen LogP contribution in [0.3, 0.4) is 0 Å². The first kappa shape index (κ1) is 17.4. The van der Waals surface area contributed by atoms with Crippen molar-refractivity contribution < 1.29 is 19.2 Å². The fourth-order valence-electron chi connectivity index (χ4n) is 2.39. The number of imide groups is 1. The Morgan fingerprint density at radius 2 is 1.71 bits per heavy atom. The highest BCUT2D eigenvalue weighted by Crippen LogP contribution is 2.06. The van der Waals surface area contributed by atoms with Crippen molar-refractivity contribution in [2.45, 2.75) is 25.3 Å². The molecule has 3 N–H and O–H groups in total. The molecule has 0 saturated heterocycles. The van der Waals surface area contributed by atoms with Crippen LogP contribution in [-0.2, 0) is 25.6 Å². The number of benzene rings is 1. The fourth-order valence-corrected chi connectivity index (χ4v) is 2.39. The summed E-state index contributed by atoms with van der Waals surface area (Å²) >= 11 is 0. The third kappa shape index (κ3) is 4.77. The van der Waals surface area contributed by atoms with E-state index in [9.17, 15) is 19.2 Å². The van der Waals surface area contributed by atoms with Gasteiger partial charge in [-0.05, 0) is 12.0 Å². The van der Waals surface area contributed by atoms with E-state index in [0.717, 1.165) is 10.5 Å². The van der Waals surface area contributed by atoms with Gasteiger partial charge in [0, 0.05) is 31.5 Å². The molecule has 24 heavy (non-hydrogen) atoms. The van der Waals surface area contributed by atoms with Crippen LogP contribution in [0.2, 0.25) is 0 Å². The highest BCUT2D eigenvalue weighted by molar-refractivity contribution is 6.12. The molecule has 0 saturated carbocycles. The van der Waals surface area contributed by atoms with Crippen LogP contribution >= 0.6 is 0 Å². The Bertz CT molecular complexity index is 652. The number of primary amides is 1. The molecule has 1 aromatic rings. The molecular formula is C17H19N3O4. The van der Waals surface area contributed by atoms with E-state index in [1.54, 1.807) is 0 Å². The van der Waals surface area contributed by atoms with Crippen LogP contribution in [0.5, 0.6) is 0 Å². The molecule has 0 unspecified atom stereocenters. The first-order valence-corrected chi connectivity index (χ1v) is 7.63. The molecule has 2 rings (SSSR count). The second-order valence-electron chi connectivity index (χ2n) is 5.48. The summed E-state index contributed by atoms with van der Waals surface area (Å²) in [5, 5.41) is 2.60. The summed E-state index contributed by atoms with van der Waals surface area (Å²) in [4.78, 5) is 47.3. The second-order valence-corrected chi connectivity index (χ2v) is 5.48. The Balaban J connectivity index is 1.79. The summed E-state index contributed by atoms with van der Waals surface area (Å²) in [6.45, 7) is 0.165. The zero-order valence-electron chi connectivity index (χ0n) is 13.1. The van der Waals surface area contributed by atoms with Crippen LogP contribution in [0.1, 0.15) is 18.4 Å². The standard InChI is InChI=1S/C17H19N3O4/c18-17(24)13(11-12-5-2-1-3-6-12)19-14(21)7-4-10-20-15(22)8-9-16(20)23/h1-3,5-6,8-9,13H,4,7,10-11H2,(H2,18,24)(H,19,21)/t13-/m1/s1. The zero-order chi connectivity index (χ0) is 17.5. The number of nitrogens with one attached hydrogen (secondary N) is 1. The van der Waals surface area contributed by atoms with Crippen molar-refractivity contribution in [2.24, 2.45) is 5.73 Å². The van der Waals surface area contributed by atoms with Crippen molar-refractivity contribution in [3.63, 3.8) is 0 Å². The summed E-state index contributed by atoms with van der Waals surface area (Å²) in [5.74, 6) is -1.71. The van der Waals surface area contributed by atoms with Gasteiger partial charge in [0.1, 0.15) is 6.04 Å². The molecule has 7 heteroatoms. The molecule has 0 spiro atoms. The van der Waals surface area contributed by atoms with Gasteiger partial charge in [0.25, 0.3) is 11.8 Å². The average molecular weight is 329 g/mol. The minimum absolute atomic E-state index is 0.0929. The van der Waals surface area contributed by atoms with Gasteiger partial charge in [0.05, 0.1) is 0 Å². The van der Waals surface area contributed by atoms with Gasteiger partial charge in [-0.15, -0.1) is 0 Å². The lowest BCUT2D eigenvalue weighted by Crippen LogP contribution is -2.46. The summed E-state index contributed by atoms with van der Waals surface area (Å²) in [6, 6.07) is 8.44. The topological polar surface area (TPSA) is 110 Å². The number of carbonyl (C=O) groups is 4. The van der Waals surface area contributed by atoms with Crippen LogP contribution < -0.4 is 11.1 Å². The zero-order valence-corrected chi connectivity index (χ0v) is 13.1. The van der Waals surface area contributed by atoms with Crippen molar-refractivity contribution in [1.82, 2.24) is 10.2 Å². The third-order valence-electron chi connectivity index (χ3n) is 3.65. The lowest BCUT2D eigenvalue weighted by Gasteiger charge is -2.17. The molecule has 0 bridgehead atoms. The van der Waals surface area contributed by atoms with Gasteiger partial charge in [-0.3, -0.25) is 24.1 Å². The maximum absolute atomic E-state index is 12.0. The van der Waals surface area contributed by atoms with E-state index in [1.807, 2.05) is 30.3 Å². The quantitative estimate of drug-likeness (QED) is 0.649. The average Bonchev–Trinajstić information content (AvgIpc) is 2.87. The first-order valence-electron chi connectivity index (χ1n) is 7.63. The molecule has 1 heterocycles. The number of amides is 4. The van der Waals surface area contributed by atoms with Crippen LogP contribution in [0, 0.1) is 0 Å². The van der Waals surface area contributed by atoms with E-state index in [4.69, 9.17) is 5.73 Å². The number of nitrogens with two attached hydrogens (primary N) is 1. The maximum Gasteiger partial charge on any atom is 0.253 e. The lowest BCUT2D eigenvalue weighted by atomic mass is 10.1. The molecule has 1 aliphatic rings. The lowest BCUT2D eigenvalue weighted by molar-refractivity contribution is -0.137. The van der Waals surface area contributed by atoms with E-state index in [0.29, 0.717) is 12.8 Å². The number of carbonyl (C=O) groups excluding carboxylic acids is 4. The van der Waals surface area contributed by atoms with Gasteiger partial charge in [-0.1, -0.05) is 30.3 Å². The van der Waals surface area contributed by atoms with Crippen molar-refractivity contribution in [1.29, 1.82) is 0 Å². The molecular weight excluding hydrogens is 310 g/mol. The van der Waals surface area contributed by atoms with Crippen LogP contribution in [0.15, 0.2) is 42.5 Å². The van der Waals surface area contributed by atoms with Gasteiger partial charge in [0.2, 0.25) is 11.8 Å². The number of nitrogens with zero attached hydrogens (tertiary/aromatic N) is 1. The summed E-state index contributed by atoms with van der Waals surface area (Å²) < 4.78 is 0. The van der Waals surface area contributed by atoms with Crippen molar-refractivity contribution >= 4 is 23.6 Å². The summed E-state index contributed by atoms with van der Waals surface area (Å²) in [6.07, 6.45) is 3.13. The molecule has 1 atom stereocenters. The Morgan fingerprint density at radius 3 is 2.29 bits per heavy atom. The Kier molecular flexibility index (Phi) is 5.83. The van der Waals surface area contributed by atoms with E-state index < -0.39 is 11.9 Å². The molecule has 4 amide bonds. The van der Waals surface area contributed by atoms with Crippen molar-refractivity contribution in [3.05, 3.63) is 48.0 Å². The van der Waals surface area contributed by atoms with Gasteiger partial charge in [-0.25, -0.2) is 0 Å². The van der Waals surface area contributed by atoms with E-state index in [2.05, 4.69) is 5.32 Å². The molecule has 1 aliphatic heterocycles. The van der Waals surface area contributed by atoms with E-state index >= 15 is 0 Å². The monoisotopic (exact) mass is 329 g/mol. The second kappa shape index (κ2) is 8.05. The molecule has 126 valence electrons. The largest absolute Gasteiger partial charge is 0.368 e. The highest BCUT2D eigenvalue weighted by Gasteiger charge is 2.23. The SMILES string of the molecule is NC(=O)[C@@H](Cc1ccccc1)NC(=O)CCCN1C(=O)C=CC1=O. The summed E-state index contributed by atoms with van der Waals surface area (Å²) in [5.41, 5.74) is 6.23. The smallest absolute Gasteiger partial charge is 0.253 e. The fraction of sp³-hybridized carbons (Fsp3) is 0.294. The normalized spacial score (nSPS) is 14.8. The van der Waals surface area contributed by atoms with Crippen molar-refractivity contribution in [3.8, 4) is 0 Å². The predicted molar refractivity (Wildman–Crippen MR) is 86.4 cm³/mol. The molecule has 0 aromatic heterocycles. The van der Waals surface area contributed by atoms with Gasteiger partial charge in [-0.2, -0.15) is 0 Å².